The predicted octanol–water partition coefficient (Wildman–Crippen LogP) is 2.85. The van der Waals surface area contributed by atoms with Crippen molar-refractivity contribution >= 4 is 33.6 Å². The topological polar surface area (TPSA) is 90.9 Å². The van der Waals surface area contributed by atoms with Crippen LogP contribution in [0.15, 0.2) is 57.9 Å². The van der Waals surface area contributed by atoms with Gasteiger partial charge >= 0.3 is 5.76 Å². The molecule has 22 heavy (non-hydrogen) atoms. The second-order valence-electron chi connectivity index (χ2n) is 4.96. The monoisotopic (exact) mass is 293 g/mol. The molecule has 2 aromatic carbocycles. The number of rotatable bonds is 2. The van der Waals surface area contributed by atoms with Crippen molar-refractivity contribution in [1.82, 2.24) is 9.97 Å². The van der Waals surface area contributed by atoms with E-state index in [0.717, 1.165) is 10.9 Å². The van der Waals surface area contributed by atoms with Gasteiger partial charge in [0.2, 0.25) is 0 Å². The number of aromatic nitrogens is 2. The van der Waals surface area contributed by atoms with E-state index in [9.17, 15) is 9.59 Å². The molecule has 3 N–H and O–H groups in total. The van der Waals surface area contributed by atoms with Crippen LogP contribution < -0.4 is 11.1 Å². The first-order valence-electron chi connectivity index (χ1n) is 6.70. The lowest BCUT2D eigenvalue weighted by molar-refractivity contribution is 0.102. The molecule has 0 saturated carbocycles. The van der Waals surface area contributed by atoms with Crippen molar-refractivity contribution in [2.24, 2.45) is 0 Å². The van der Waals surface area contributed by atoms with Gasteiger partial charge in [0.15, 0.2) is 5.58 Å². The molecular weight excluding hydrogens is 282 g/mol. The number of nitrogens with one attached hydrogen (secondary N) is 3. The summed E-state index contributed by atoms with van der Waals surface area (Å²) in [5, 5.41) is 3.78. The zero-order valence-electron chi connectivity index (χ0n) is 11.3. The second-order valence-corrected chi connectivity index (χ2v) is 4.96. The highest BCUT2D eigenvalue weighted by molar-refractivity contribution is 6.06. The van der Waals surface area contributed by atoms with E-state index in [4.69, 9.17) is 4.42 Å². The Balaban J connectivity index is 1.65. The maximum atomic E-state index is 12.3. The third kappa shape index (κ3) is 2.07. The SMILES string of the molecule is O=C(Nc1ccc2oc(=O)[nH]c2c1)c1ccc2[nH]ccc2c1. The zero-order chi connectivity index (χ0) is 15.1. The fourth-order valence-corrected chi connectivity index (χ4v) is 2.43. The highest BCUT2D eigenvalue weighted by Gasteiger charge is 2.09. The quantitative estimate of drug-likeness (QED) is 0.530. The summed E-state index contributed by atoms with van der Waals surface area (Å²) >= 11 is 0. The molecule has 6 nitrogen and oxygen atoms in total. The van der Waals surface area contributed by atoms with E-state index in [0.29, 0.717) is 22.4 Å². The Hall–Kier alpha value is -3.28. The summed E-state index contributed by atoms with van der Waals surface area (Å²) in [7, 11) is 0. The number of fused-ring (bicyclic) bond motifs is 2. The van der Waals surface area contributed by atoms with Crippen LogP contribution in [0.2, 0.25) is 0 Å². The lowest BCUT2D eigenvalue weighted by Crippen LogP contribution is -2.11. The number of carbonyl (C=O) groups excluding carboxylic acids is 1. The summed E-state index contributed by atoms with van der Waals surface area (Å²) in [4.78, 5) is 29.1. The van der Waals surface area contributed by atoms with Crippen molar-refractivity contribution in [1.29, 1.82) is 0 Å². The number of oxazole rings is 1. The van der Waals surface area contributed by atoms with E-state index in [2.05, 4.69) is 15.3 Å². The highest BCUT2D eigenvalue weighted by Crippen LogP contribution is 2.18. The summed E-state index contributed by atoms with van der Waals surface area (Å²) in [5.41, 5.74) is 3.13. The largest absolute Gasteiger partial charge is 0.417 e. The Kier molecular flexibility index (Phi) is 2.62. The van der Waals surface area contributed by atoms with Crippen LogP contribution in [0.3, 0.4) is 0 Å². The first-order chi connectivity index (χ1) is 10.7. The first kappa shape index (κ1) is 12.5. The normalized spacial score (nSPS) is 11.1. The van der Waals surface area contributed by atoms with Crippen LogP contribution >= 0.6 is 0 Å². The van der Waals surface area contributed by atoms with Gasteiger partial charge in [0, 0.05) is 28.4 Å². The number of carbonyl (C=O) groups is 1. The van der Waals surface area contributed by atoms with Gasteiger partial charge in [-0.2, -0.15) is 0 Å². The standard InChI is InChI=1S/C16H11N3O3/c20-15(10-1-3-12-9(7-10)5-6-17-12)18-11-2-4-14-13(8-11)19-16(21)22-14/h1-8,17H,(H,18,20)(H,19,21). The first-order valence-corrected chi connectivity index (χ1v) is 6.70. The Labute approximate surface area is 123 Å². The molecule has 2 heterocycles. The minimum absolute atomic E-state index is 0.215. The van der Waals surface area contributed by atoms with E-state index in [1.54, 1.807) is 24.3 Å². The number of hydrogen-bond acceptors (Lipinski definition) is 3. The number of H-pyrrole nitrogens is 2. The summed E-state index contributed by atoms with van der Waals surface area (Å²) in [5.74, 6) is -0.732. The van der Waals surface area contributed by atoms with Crippen molar-refractivity contribution in [3.05, 3.63) is 64.8 Å². The predicted molar refractivity (Wildman–Crippen MR) is 83.1 cm³/mol. The van der Waals surface area contributed by atoms with Gasteiger partial charge in [-0.1, -0.05) is 0 Å². The lowest BCUT2D eigenvalue weighted by atomic mass is 10.1. The Morgan fingerprint density at radius 2 is 1.95 bits per heavy atom. The number of amides is 1. The molecule has 0 aliphatic heterocycles. The van der Waals surface area contributed by atoms with Crippen LogP contribution in [0.1, 0.15) is 10.4 Å². The smallest absolute Gasteiger partial charge is 0.408 e. The molecule has 0 spiro atoms. The maximum Gasteiger partial charge on any atom is 0.417 e. The lowest BCUT2D eigenvalue weighted by Gasteiger charge is -2.05. The summed E-state index contributed by atoms with van der Waals surface area (Å²) in [6.45, 7) is 0. The summed E-state index contributed by atoms with van der Waals surface area (Å²) in [6, 6.07) is 12.3. The molecule has 0 radical (unpaired) electrons. The van der Waals surface area contributed by atoms with Gasteiger partial charge in [-0.05, 0) is 42.5 Å². The number of aromatic amines is 2. The van der Waals surface area contributed by atoms with Crippen molar-refractivity contribution in [3.63, 3.8) is 0 Å². The van der Waals surface area contributed by atoms with E-state index in [1.807, 2.05) is 24.4 Å². The van der Waals surface area contributed by atoms with E-state index >= 15 is 0 Å². The van der Waals surface area contributed by atoms with E-state index in [1.165, 1.54) is 0 Å². The Morgan fingerprint density at radius 3 is 2.86 bits per heavy atom. The molecule has 0 aliphatic rings. The molecule has 0 aliphatic carbocycles. The van der Waals surface area contributed by atoms with Gasteiger partial charge in [-0.25, -0.2) is 4.79 Å². The average Bonchev–Trinajstić information content (AvgIpc) is 3.10. The van der Waals surface area contributed by atoms with Gasteiger partial charge in [0.25, 0.3) is 5.91 Å². The van der Waals surface area contributed by atoms with Gasteiger partial charge in [0.1, 0.15) is 0 Å². The molecule has 0 saturated heterocycles. The van der Waals surface area contributed by atoms with Crippen molar-refractivity contribution in [3.8, 4) is 0 Å². The third-order valence-corrected chi connectivity index (χ3v) is 3.49. The van der Waals surface area contributed by atoms with Crippen LogP contribution in [0.4, 0.5) is 5.69 Å². The second kappa shape index (κ2) is 4.63. The number of hydrogen-bond donors (Lipinski definition) is 3. The molecule has 6 heteroatoms. The molecule has 0 fully saturated rings. The summed E-state index contributed by atoms with van der Waals surface area (Å²) < 4.78 is 4.92. The summed E-state index contributed by atoms with van der Waals surface area (Å²) in [6.07, 6.45) is 1.83. The van der Waals surface area contributed by atoms with Crippen molar-refractivity contribution < 1.29 is 9.21 Å². The van der Waals surface area contributed by atoms with Crippen LogP contribution in [-0.2, 0) is 0 Å². The fraction of sp³-hybridized carbons (Fsp3) is 0. The molecule has 108 valence electrons. The van der Waals surface area contributed by atoms with Gasteiger partial charge in [-0.15, -0.1) is 0 Å². The van der Waals surface area contributed by atoms with Crippen LogP contribution in [0, 0.1) is 0 Å². The molecule has 4 aromatic rings. The van der Waals surface area contributed by atoms with Crippen LogP contribution in [0.5, 0.6) is 0 Å². The zero-order valence-corrected chi connectivity index (χ0v) is 11.3. The van der Waals surface area contributed by atoms with Crippen molar-refractivity contribution in [2.45, 2.75) is 0 Å². The number of anilines is 1. The molecule has 0 unspecified atom stereocenters. The molecular formula is C16H11N3O3. The van der Waals surface area contributed by atoms with Crippen molar-refractivity contribution in [2.75, 3.05) is 5.32 Å². The van der Waals surface area contributed by atoms with Crippen LogP contribution in [-0.4, -0.2) is 15.9 Å². The van der Waals surface area contributed by atoms with E-state index < -0.39 is 5.76 Å². The maximum absolute atomic E-state index is 12.3. The van der Waals surface area contributed by atoms with Gasteiger partial charge in [0.05, 0.1) is 5.52 Å². The third-order valence-electron chi connectivity index (χ3n) is 3.49. The Bertz CT molecular complexity index is 1060. The number of benzene rings is 2. The molecule has 1 amide bonds. The molecule has 4 rings (SSSR count). The van der Waals surface area contributed by atoms with Gasteiger partial charge < -0.3 is 14.7 Å². The minimum Gasteiger partial charge on any atom is -0.408 e. The molecule has 2 aromatic heterocycles. The average molecular weight is 293 g/mol. The molecule has 0 bridgehead atoms. The highest BCUT2D eigenvalue weighted by atomic mass is 16.4. The molecule has 0 atom stereocenters. The fourth-order valence-electron chi connectivity index (χ4n) is 2.43. The Morgan fingerprint density at radius 1 is 1.05 bits per heavy atom. The minimum atomic E-state index is -0.517. The van der Waals surface area contributed by atoms with Crippen LogP contribution in [0.25, 0.3) is 22.0 Å². The van der Waals surface area contributed by atoms with E-state index in [-0.39, 0.29) is 5.91 Å². The van der Waals surface area contributed by atoms with Gasteiger partial charge in [-0.3, -0.25) is 9.78 Å².